The first-order chi connectivity index (χ1) is 17.0. The predicted octanol–water partition coefficient (Wildman–Crippen LogP) is 5.65. The summed E-state index contributed by atoms with van der Waals surface area (Å²) in [5, 5.41) is 4.01. The van der Waals surface area contributed by atoms with E-state index in [1.165, 1.54) is 5.56 Å². The lowest BCUT2D eigenvalue weighted by molar-refractivity contribution is 0.0701. The van der Waals surface area contributed by atoms with Crippen LogP contribution in [0.3, 0.4) is 0 Å². The lowest BCUT2D eigenvalue weighted by Crippen LogP contribution is -2.38. The van der Waals surface area contributed by atoms with Gasteiger partial charge in [-0.25, -0.2) is 9.97 Å². The molecule has 0 bridgehead atoms. The lowest BCUT2D eigenvalue weighted by Gasteiger charge is -2.32. The van der Waals surface area contributed by atoms with E-state index in [0.717, 1.165) is 41.0 Å². The molecule has 0 N–H and O–H groups in total. The van der Waals surface area contributed by atoms with Gasteiger partial charge in [-0.2, -0.15) is 0 Å². The van der Waals surface area contributed by atoms with E-state index in [-0.39, 0.29) is 17.7 Å². The second-order valence-corrected chi connectivity index (χ2v) is 9.38. The number of nitrogens with zero attached hydrogens (tertiary/aromatic N) is 5. The molecule has 0 radical (unpaired) electrons. The summed E-state index contributed by atoms with van der Waals surface area (Å²) in [5.74, 6) is 1.75. The third-order valence-electron chi connectivity index (χ3n) is 6.66. The van der Waals surface area contributed by atoms with Gasteiger partial charge in [0.2, 0.25) is 0 Å². The van der Waals surface area contributed by atoms with E-state index in [4.69, 9.17) is 9.51 Å². The Labute approximate surface area is 205 Å². The van der Waals surface area contributed by atoms with Crippen LogP contribution in [0.25, 0.3) is 22.5 Å². The molecule has 0 aliphatic carbocycles. The van der Waals surface area contributed by atoms with Gasteiger partial charge in [0.15, 0.2) is 11.5 Å². The average molecular weight is 468 g/mol. The van der Waals surface area contributed by atoms with Crippen molar-refractivity contribution in [2.75, 3.05) is 13.1 Å². The number of hydrogen-bond acceptors (Lipinski definition) is 6. The second kappa shape index (κ2) is 9.78. The van der Waals surface area contributed by atoms with Crippen LogP contribution in [0.15, 0.2) is 65.6 Å². The van der Waals surface area contributed by atoms with Crippen molar-refractivity contribution in [1.82, 2.24) is 25.0 Å². The maximum atomic E-state index is 13.0. The maximum Gasteiger partial charge on any atom is 0.276 e. The number of pyridine rings is 1. The van der Waals surface area contributed by atoms with Crippen molar-refractivity contribution in [3.63, 3.8) is 0 Å². The molecular formula is C28H29N5O2. The zero-order valence-electron chi connectivity index (χ0n) is 20.3. The molecule has 0 unspecified atom stereocenters. The van der Waals surface area contributed by atoms with Gasteiger partial charge in [0.05, 0.1) is 5.69 Å². The van der Waals surface area contributed by atoms with Crippen LogP contribution in [0.1, 0.15) is 66.0 Å². The van der Waals surface area contributed by atoms with Gasteiger partial charge in [-0.1, -0.05) is 43.3 Å². The summed E-state index contributed by atoms with van der Waals surface area (Å²) in [5.41, 5.74) is 5.69. The van der Waals surface area contributed by atoms with E-state index < -0.39 is 0 Å². The minimum atomic E-state index is -0.0723. The van der Waals surface area contributed by atoms with Gasteiger partial charge >= 0.3 is 0 Å². The SMILES string of the molecule is Cc1ccccc1-c1cnc(-c2cccnc2)nc1C1CCN(C(=O)c2cc(C(C)C)on2)CC1. The Bertz CT molecular complexity index is 1320. The zero-order valence-corrected chi connectivity index (χ0v) is 20.3. The molecule has 5 rings (SSSR count). The Kier molecular flexibility index (Phi) is 6.40. The Hall–Kier alpha value is -3.87. The van der Waals surface area contributed by atoms with Gasteiger partial charge in [0.25, 0.3) is 5.91 Å². The molecule has 1 aliphatic heterocycles. The van der Waals surface area contributed by atoms with Crippen LogP contribution in [0.4, 0.5) is 0 Å². The molecule has 7 heteroatoms. The topological polar surface area (TPSA) is 85.0 Å². The van der Waals surface area contributed by atoms with Crippen LogP contribution in [-0.2, 0) is 0 Å². The molecule has 7 nitrogen and oxygen atoms in total. The number of carbonyl (C=O) groups is 1. The lowest BCUT2D eigenvalue weighted by atomic mass is 9.87. The highest BCUT2D eigenvalue weighted by atomic mass is 16.5. The smallest absolute Gasteiger partial charge is 0.276 e. The van der Waals surface area contributed by atoms with Crippen molar-refractivity contribution >= 4 is 5.91 Å². The fourth-order valence-corrected chi connectivity index (χ4v) is 4.60. The normalized spacial score (nSPS) is 14.5. The third kappa shape index (κ3) is 4.71. The molecule has 35 heavy (non-hydrogen) atoms. The minimum Gasteiger partial charge on any atom is -0.360 e. The quantitative estimate of drug-likeness (QED) is 0.377. The van der Waals surface area contributed by atoms with Crippen molar-refractivity contribution in [2.24, 2.45) is 0 Å². The van der Waals surface area contributed by atoms with Crippen molar-refractivity contribution in [3.8, 4) is 22.5 Å². The number of amides is 1. The summed E-state index contributed by atoms with van der Waals surface area (Å²) in [4.78, 5) is 28.9. The molecule has 1 fully saturated rings. The zero-order chi connectivity index (χ0) is 24.4. The number of carbonyl (C=O) groups excluding carboxylic acids is 1. The van der Waals surface area contributed by atoms with Crippen LogP contribution >= 0.6 is 0 Å². The molecule has 0 saturated carbocycles. The first kappa shape index (κ1) is 22.9. The maximum absolute atomic E-state index is 13.0. The fraction of sp³-hybridized carbons (Fsp3) is 0.321. The molecule has 4 aromatic rings. The van der Waals surface area contributed by atoms with Crippen molar-refractivity contribution < 1.29 is 9.32 Å². The molecule has 0 spiro atoms. The average Bonchev–Trinajstić information content (AvgIpc) is 3.40. The molecule has 1 saturated heterocycles. The van der Waals surface area contributed by atoms with Crippen LogP contribution in [-0.4, -0.2) is 44.0 Å². The van der Waals surface area contributed by atoms with Crippen LogP contribution < -0.4 is 0 Å². The second-order valence-electron chi connectivity index (χ2n) is 9.38. The third-order valence-corrected chi connectivity index (χ3v) is 6.66. The Morgan fingerprint density at radius 2 is 1.86 bits per heavy atom. The first-order valence-corrected chi connectivity index (χ1v) is 12.1. The van der Waals surface area contributed by atoms with E-state index in [2.05, 4.69) is 34.2 Å². The van der Waals surface area contributed by atoms with Crippen molar-refractivity contribution in [2.45, 2.75) is 45.4 Å². The van der Waals surface area contributed by atoms with Gasteiger partial charge in [0, 0.05) is 60.7 Å². The Morgan fingerprint density at radius 1 is 1.06 bits per heavy atom. The van der Waals surface area contributed by atoms with Crippen molar-refractivity contribution in [1.29, 1.82) is 0 Å². The van der Waals surface area contributed by atoms with Crippen LogP contribution in [0.5, 0.6) is 0 Å². The van der Waals surface area contributed by atoms with Crippen LogP contribution in [0, 0.1) is 6.92 Å². The van der Waals surface area contributed by atoms with E-state index >= 15 is 0 Å². The number of benzene rings is 1. The van der Waals surface area contributed by atoms with Gasteiger partial charge in [-0.05, 0) is 43.0 Å². The summed E-state index contributed by atoms with van der Waals surface area (Å²) < 4.78 is 5.34. The van der Waals surface area contributed by atoms with E-state index in [0.29, 0.717) is 24.6 Å². The largest absolute Gasteiger partial charge is 0.360 e. The Balaban J connectivity index is 1.42. The van der Waals surface area contributed by atoms with Gasteiger partial charge in [-0.3, -0.25) is 9.78 Å². The number of rotatable bonds is 5. The van der Waals surface area contributed by atoms with Gasteiger partial charge in [-0.15, -0.1) is 0 Å². The standard InChI is InChI=1S/C28H29N5O2/c1-18(2)25-15-24(32-35-25)28(34)33-13-10-20(11-14-33)26-23(22-9-5-4-7-19(22)3)17-30-27(31-26)21-8-6-12-29-16-21/h4-9,12,15-18,20H,10-11,13-14H2,1-3H3. The minimum absolute atomic E-state index is 0.0723. The number of aryl methyl sites for hydroxylation is 1. The number of aromatic nitrogens is 4. The van der Waals surface area contributed by atoms with E-state index in [1.807, 2.05) is 49.2 Å². The Morgan fingerprint density at radius 3 is 2.54 bits per heavy atom. The summed E-state index contributed by atoms with van der Waals surface area (Å²) in [6, 6.07) is 14.0. The summed E-state index contributed by atoms with van der Waals surface area (Å²) in [7, 11) is 0. The predicted molar refractivity (Wildman–Crippen MR) is 134 cm³/mol. The van der Waals surface area contributed by atoms with E-state index in [9.17, 15) is 4.79 Å². The van der Waals surface area contributed by atoms with Crippen molar-refractivity contribution in [3.05, 3.63) is 83.8 Å². The fourth-order valence-electron chi connectivity index (χ4n) is 4.60. The first-order valence-electron chi connectivity index (χ1n) is 12.1. The number of piperidine rings is 1. The monoisotopic (exact) mass is 467 g/mol. The van der Waals surface area contributed by atoms with Crippen LogP contribution in [0.2, 0.25) is 0 Å². The highest BCUT2D eigenvalue weighted by Gasteiger charge is 2.29. The highest BCUT2D eigenvalue weighted by Crippen LogP contribution is 2.36. The summed E-state index contributed by atoms with van der Waals surface area (Å²) in [6.07, 6.45) is 7.12. The summed E-state index contributed by atoms with van der Waals surface area (Å²) >= 11 is 0. The molecule has 1 amide bonds. The molecule has 1 aliphatic rings. The van der Waals surface area contributed by atoms with E-state index in [1.54, 1.807) is 18.5 Å². The van der Waals surface area contributed by atoms with Gasteiger partial charge < -0.3 is 9.42 Å². The molecule has 4 heterocycles. The highest BCUT2D eigenvalue weighted by molar-refractivity contribution is 5.92. The van der Waals surface area contributed by atoms with Gasteiger partial charge in [0.1, 0.15) is 5.76 Å². The molecule has 0 atom stereocenters. The number of likely N-dealkylation sites (tertiary alicyclic amines) is 1. The molecular weight excluding hydrogens is 438 g/mol. The molecule has 178 valence electrons. The summed E-state index contributed by atoms with van der Waals surface area (Å²) in [6.45, 7) is 7.44. The molecule has 3 aromatic heterocycles. The number of hydrogen-bond donors (Lipinski definition) is 0. The molecule has 1 aromatic carbocycles.